The summed E-state index contributed by atoms with van der Waals surface area (Å²) in [5, 5.41) is 4.35. The maximum Gasteiger partial charge on any atom is 0.161 e. The average molecular weight is 329 g/mol. The number of morpholine rings is 1. The van der Waals surface area contributed by atoms with Crippen molar-refractivity contribution >= 4 is 0 Å². The minimum Gasteiger partial charge on any atom is -0.486 e. The molecular formula is C18H23N3O3. The molecule has 6 heteroatoms. The molecule has 0 spiro atoms. The highest BCUT2D eigenvalue weighted by molar-refractivity contribution is 5.43. The third kappa shape index (κ3) is 3.55. The molecule has 1 aromatic carbocycles. The summed E-state index contributed by atoms with van der Waals surface area (Å²) in [6, 6.07) is 6.22. The SMILES string of the molecule is Cc1cnn(C[C@@H]2CN(Cc3ccc4c(c3)OCCO4)CCO2)c1. The fraction of sp³-hybridized carbons (Fsp3) is 0.500. The first-order chi connectivity index (χ1) is 11.8. The molecule has 4 rings (SSSR count). The number of fused-ring (bicyclic) bond motifs is 1. The fourth-order valence-corrected chi connectivity index (χ4v) is 3.25. The number of aromatic nitrogens is 2. The number of rotatable bonds is 4. The van der Waals surface area contributed by atoms with Crippen LogP contribution < -0.4 is 9.47 Å². The standard InChI is InChI=1S/C18H23N3O3/c1-14-9-19-21(10-14)13-16-12-20(4-5-22-16)11-15-2-3-17-18(8-15)24-7-6-23-17/h2-3,8-10,16H,4-7,11-13H2,1H3/t16-/m0/s1. The van der Waals surface area contributed by atoms with E-state index in [4.69, 9.17) is 14.2 Å². The molecule has 2 aromatic rings. The van der Waals surface area contributed by atoms with Gasteiger partial charge in [0, 0.05) is 25.8 Å². The number of hydrogen-bond donors (Lipinski definition) is 0. The molecule has 2 aliphatic rings. The molecule has 1 aromatic heterocycles. The van der Waals surface area contributed by atoms with E-state index >= 15 is 0 Å². The van der Waals surface area contributed by atoms with Gasteiger partial charge >= 0.3 is 0 Å². The second-order valence-corrected chi connectivity index (χ2v) is 6.45. The third-order valence-electron chi connectivity index (χ3n) is 4.39. The van der Waals surface area contributed by atoms with Crippen molar-refractivity contribution in [1.29, 1.82) is 0 Å². The van der Waals surface area contributed by atoms with Gasteiger partial charge in [-0.3, -0.25) is 9.58 Å². The predicted octanol–water partition coefficient (Wildman–Crippen LogP) is 1.86. The Morgan fingerprint density at radius 2 is 2.04 bits per heavy atom. The van der Waals surface area contributed by atoms with Crippen LogP contribution in [0, 0.1) is 6.92 Å². The zero-order chi connectivity index (χ0) is 16.4. The summed E-state index contributed by atoms with van der Waals surface area (Å²) in [5.41, 5.74) is 2.42. The largest absolute Gasteiger partial charge is 0.486 e. The summed E-state index contributed by atoms with van der Waals surface area (Å²) in [7, 11) is 0. The lowest BCUT2D eigenvalue weighted by Gasteiger charge is -2.33. The van der Waals surface area contributed by atoms with Gasteiger partial charge in [-0.25, -0.2) is 0 Å². The van der Waals surface area contributed by atoms with Crippen LogP contribution in [0.15, 0.2) is 30.6 Å². The van der Waals surface area contributed by atoms with Crippen LogP contribution in [0.4, 0.5) is 0 Å². The van der Waals surface area contributed by atoms with E-state index in [2.05, 4.69) is 35.3 Å². The molecule has 3 heterocycles. The highest BCUT2D eigenvalue weighted by Crippen LogP contribution is 2.31. The first-order valence-corrected chi connectivity index (χ1v) is 8.48. The number of nitrogens with zero attached hydrogens (tertiary/aromatic N) is 3. The van der Waals surface area contributed by atoms with Crippen molar-refractivity contribution in [3.05, 3.63) is 41.7 Å². The molecule has 0 unspecified atom stereocenters. The molecule has 6 nitrogen and oxygen atoms in total. The molecular weight excluding hydrogens is 306 g/mol. The normalized spacial score (nSPS) is 21.0. The van der Waals surface area contributed by atoms with Crippen molar-refractivity contribution in [2.75, 3.05) is 32.9 Å². The van der Waals surface area contributed by atoms with Crippen LogP contribution in [0.3, 0.4) is 0 Å². The molecule has 0 radical (unpaired) electrons. The first kappa shape index (κ1) is 15.5. The van der Waals surface area contributed by atoms with Crippen molar-refractivity contribution in [1.82, 2.24) is 14.7 Å². The molecule has 128 valence electrons. The maximum atomic E-state index is 5.90. The summed E-state index contributed by atoms with van der Waals surface area (Å²) < 4.78 is 19.1. The molecule has 1 atom stereocenters. The summed E-state index contributed by atoms with van der Waals surface area (Å²) >= 11 is 0. The topological polar surface area (TPSA) is 48.8 Å². The quantitative estimate of drug-likeness (QED) is 0.857. The van der Waals surface area contributed by atoms with Crippen LogP contribution in [0.5, 0.6) is 11.5 Å². The third-order valence-corrected chi connectivity index (χ3v) is 4.39. The lowest BCUT2D eigenvalue weighted by Crippen LogP contribution is -2.43. The lowest BCUT2D eigenvalue weighted by molar-refractivity contribution is -0.0402. The Labute approximate surface area is 141 Å². The fourth-order valence-electron chi connectivity index (χ4n) is 3.25. The van der Waals surface area contributed by atoms with E-state index in [0.717, 1.165) is 44.3 Å². The van der Waals surface area contributed by atoms with Crippen LogP contribution in [-0.4, -0.2) is 53.7 Å². The Hall–Kier alpha value is -2.05. The lowest BCUT2D eigenvalue weighted by atomic mass is 10.1. The van der Waals surface area contributed by atoms with E-state index < -0.39 is 0 Å². The van der Waals surface area contributed by atoms with Gasteiger partial charge in [0.25, 0.3) is 0 Å². The molecule has 1 fully saturated rings. The minimum absolute atomic E-state index is 0.176. The molecule has 0 aliphatic carbocycles. The van der Waals surface area contributed by atoms with E-state index in [-0.39, 0.29) is 6.10 Å². The van der Waals surface area contributed by atoms with Crippen molar-refractivity contribution < 1.29 is 14.2 Å². The Balaban J connectivity index is 1.37. The number of ether oxygens (including phenoxy) is 3. The minimum atomic E-state index is 0.176. The smallest absolute Gasteiger partial charge is 0.161 e. The number of hydrogen-bond acceptors (Lipinski definition) is 5. The van der Waals surface area contributed by atoms with Crippen LogP contribution in [0.2, 0.25) is 0 Å². The van der Waals surface area contributed by atoms with E-state index in [1.54, 1.807) is 0 Å². The van der Waals surface area contributed by atoms with Gasteiger partial charge in [0.2, 0.25) is 0 Å². The molecule has 24 heavy (non-hydrogen) atoms. The summed E-state index contributed by atoms with van der Waals surface area (Å²) in [5.74, 6) is 1.70. The summed E-state index contributed by atoms with van der Waals surface area (Å²) in [4.78, 5) is 2.43. The van der Waals surface area contributed by atoms with Crippen LogP contribution >= 0.6 is 0 Å². The van der Waals surface area contributed by atoms with Gasteiger partial charge < -0.3 is 14.2 Å². The van der Waals surface area contributed by atoms with Gasteiger partial charge in [-0.1, -0.05) is 6.07 Å². The molecule has 1 saturated heterocycles. The average Bonchev–Trinajstić information content (AvgIpc) is 3.00. The molecule has 0 amide bonds. The van der Waals surface area contributed by atoms with E-state index in [1.807, 2.05) is 16.9 Å². The predicted molar refractivity (Wildman–Crippen MR) is 89.4 cm³/mol. The highest BCUT2D eigenvalue weighted by atomic mass is 16.6. The summed E-state index contributed by atoms with van der Waals surface area (Å²) in [6.45, 7) is 7.62. The number of benzene rings is 1. The van der Waals surface area contributed by atoms with Gasteiger partial charge in [0.05, 0.1) is 25.5 Å². The number of aryl methyl sites for hydroxylation is 1. The van der Waals surface area contributed by atoms with E-state index in [1.165, 1.54) is 11.1 Å². The molecule has 0 bridgehead atoms. The van der Waals surface area contributed by atoms with Crippen molar-refractivity contribution in [3.63, 3.8) is 0 Å². The monoisotopic (exact) mass is 329 g/mol. The van der Waals surface area contributed by atoms with Crippen LogP contribution in [0.1, 0.15) is 11.1 Å². The first-order valence-electron chi connectivity index (χ1n) is 8.48. The second kappa shape index (κ2) is 6.83. The zero-order valence-electron chi connectivity index (χ0n) is 14.0. The van der Waals surface area contributed by atoms with Crippen molar-refractivity contribution in [3.8, 4) is 11.5 Å². The van der Waals surface area contributed by atoms with Gasteiger partial charge in [-0.2, -0.15) is 5.10 Å². The van der Waals surface area contributed by atoms with Gasteiger partial charge in [0.15, 0.2) is 11.5 Å². The van der Waals surface area contributed by atoms with Crippen molar-refractivity contribution in [2.24, 2.45) is 0 Å². The van der Waals surface area contributed by atoms with Crippen molar-refractivity contribution in [2.45, 2.75) is 26.1 Å². The van der Waals surface area contributed by atoms with E-state index in [0.29, 0.717) is 13.2 Å². The maximum absolute atomic E-state index is 5.90. The van der Waals surface area contributed by atoms with Crippen LogP contribution in [-0.2, 0) is 17.8 Å². The molecule has 0 N–H and O–H groups in total. The Kier molecular flexibility index (Phi) is 4.40. The molecule has 0 saturated carbocycles. The van der Waals surface area contributed by atoms with Gasteiger partial charge in [-0.05, 0) is 30.2 Å². The Bertz CT molecular complexity index is 701. The zero-order valence-corrected chi connectivity index (χ0v) is 14.0. The highest BCUT2D eigenvalue weighted by Gasteiger charge is 2.22. The Morgan fingerprint density at radius 1 is 1.17 bits per heavy atom. The van der Waals surface area contributed by atoms with Crippen LogP contribution in [0.25, 0.3) is 0 Å². The Morgan fingerprint density at radius 3 is 2.88 bits per heavy atom. The van der Waals surface area contributed by atoms with Gasteiger partial charge in [-0.15, -0.1) is 0 Å². The van der Waals surface area contributed by atoms with E-state index in [9.17, 15) is 0 Å². The molecule has 2 aliphatic heterocycles. The van der Waals surface area contributed by atoms with Gasteiger partial charge in [0.1, 0.15) is 13.2 Å². The second-order valence-electron chi connectivity index (χ2n) is 6.45. The summed E-state index contributed by atoms with van der Waals surface area (Å²) in [6.07, 6.45) is 4.12.